The molecule has 2 amide bonds. The highest BCUT2D eigenvalue weighted by atomic mass is 35.5. The molecule has 0 saturated carbocycles. The van der Waals surface area contributed by atoms with Gasteiger partial charge in [-0.05, 0) is 43.4 Å². The molecule has 1 fully saturated rings. The van der Waals surface area contributed by atoms with Gasteiger partial charge >= 0.3 is 5.97 Å². The van der Waals surface area contributed by atoms with E-state index < -0.39 is 23.2 Å². The van der Waals surface area contributed by atoms with Gasteiger partial charge in [-0.1, -0.05) is 52.3 Å². The van der Waals surface area contributed by atoms with Crippen LogP contribution in [0.2, 0.25) is 5.02 Å². The van der Waals surface area contributed by atoms with Gasteiger partial charge in [-0.15, -0.1) is 0 Å². The number of aromatic nitrogens is 1. The third-order valence-electron chi connectivity index (χ3n) is 7.73. The van der Waals surface area contributed by atoms with Crippen LogP contribution >= 0.6 is 11.6 Å². The Morgan fingerprint density at radius 3 is 2.39 bits per heavy atom. The first-order valence-corrected chi connectivity index (χ1v) is 14.1. The van der Waals surface area contributed by atoms with Gasteiger partial charge in [-0.3, -0.25) is 14.4 Å². The third-order valence-corrected chi connectivity index (χ3v) is 8.04. The summed E-state index contributed by atoms with van der Waals surface area (Å²) in [4.78, 5) is 46.4. The molecule has 8 nitrogen and oxygen atoms in total. The number of halogens is 2. The van der Waals surface area contributed by atoms with Gasteiger partial charge in [0.2, 0.25) is 5.91 Å². The highest BCUT2D eigenvalue weighted by Gasteiger charge is 2.41. The third kappa shape index (κ3) is 6.25. The molecule has 1 N–H and O–H groups in total. The number of carbonyl (C=O) groups excluding carboxylic acids is 2. The van der Waals surface area contributed by atoms with Crippen molar-refractivity contribution in [2.24, 2.45) is 11.8 Å². The molecule has 1 aliphatic rings. The van der Waals surface area contributed by atoms with Crippen LogP contribution in [0.1, 0.15) is 71.0 Å². The second kappa shape index (κ2) is 11.1. The standard InChI is InChI=1S/C31H37ClFN3O5/c1-17(2)19(29(39)40)13-26(37)35-10-11-36(31(6,7)16-35)28(38)25-15-24-27(41-25)20(30(3,4)5)14-23(34-24)18-8-9-21(32)22(33)12-18/h8-9,12,14-15,17,19H,10-11,13,16H2,1-7H3,(H,39,40)/t19-/m1/s1. The zero-order chi connectivity index (χ0) is 30.4. The molecule has 0 spiro atoms. The molecule has 0 aliphatic carbocycles. The monoisotopic (exact) mass is 585 g/mol. The van der Waals surface area contributed by atoms with Gasteiger partial charge in [0.05, 0.1) is 22.2 Å². The molecule has 1 saturated heterocycles. The number of hydrogen-bond acceptors (Lipinski definition) is 5. The largest absolute Gasteiger partial charge is 0.481 e. The Hall–Kier alpha value is -3.46. The Morgan fingerprint density at radius 2 is 1.83 bits per heavy atom. The fourth-order valence-electron chi connectivity index (χ4n) is 5.29. The topological polar surface area (TPSA) is 104 Å². The van der Waals surface area contributed by atoms with Crippen molar-refractivity contribution < 1.29 is 28.3 Å². The molecule has 0 radical (unpaired) electrons. The number of carboxylic acid groups (broad SMARTS) is 1. The van der Waals surface area contributed by atoms with Crippen LogP contribution < -0.4 is 0 Å². The van der Waals surface area contributed by atoms with Gasteiger partial charge in [0.15, 0.2) is 11.3 Å². The number of pyridine rings is 1. The number of rotatable bonds is 6. The van der Waals surface area contributed by atoms with Gasteiger partial charge < -0.3 is 19.3 Å². The summed E-state index contributed by atoms with van der Waals surface area (Å²) >= 11 is 5.88. The summed E-state index contributed by atoms with van der Waals surface area (Å²) in [7, 11) is 0. The second-order valence-corrected chi connectivity index (χ2v) is 13.1. The fourth-order valence-corrected chi connectivity index (χ4v) is 5.41. The van der Waals surface area contributed by atoms with Crippen LogP contribution in [-0.4, -0.2) is 62.8 Å². The maximum atomic E-state index is 14.2. The highest BCUT2D eigenvalue weighted by molar-refractivity contribution is 6.30. The molecule has 3 heterocycles. The normalized spacial score (nSPS) is 16.3. The molecule has 41 heavy (non-hydrogen) atoms. The molecule has 1 atom stereocenters. The Morgan fingerprint density at radius 1 is 1.15 bits per heavy atom. The summed E-state index contributed by atoms with van der Waals surface area (Å²) < 4.78 is 20.4. The fraction of sp³-hybridized carbons (Fsp3) is 0.484. The van der Waals surface area contributed by atoms with Crippen molar-refractivity contribution in [3.63, 3.8) is 0 Å². The van der Waals surface area contributed by atoms with Crippen LogP contribution in [-0.2, 0) is 15.0 Å². The average Bonchev–Trinajstić information content (AvgIpc) is 3.30. The summed E-state index contributed by atoms with van der Waals surface area (Å²) in [6.07, 6.45) is -0.0816. The van der Waals surface area contributed by atoms with Crippen LogP contribution in [0.3, 0.4) is 0 Å². The van der Waals surface area contributed by atoms with Crippen LogP contribution in [0.5, 0.6) is 0 Å². The highest BCUT2D eigenvalue weighted by Crippen LogP contribution is 2.36. The lowest BCUT2D eigenvalue weighted by Crippen LogP contribution is -2.62. The number of piperazine rings is 1. The van der Waals surface area contributed by atoms with E-state index in [1.807, 2.05) is 40.7 Å². The predicted molar refractivity (Wildman–Crippen MR) is 155 cm³/mol. The Balaban J connectivity index is 1.63. The van der Waals surface area contributed by atoms with E-state index in [1.165, 1.54) is 12.1 Å². The van der Waals surface area contributed by atoms with E-state index in [4.69, 9.17) is 21.0 Å². The van der Waals surface area contributed by atoms with Crippen molar-refractivity contribution in [3.05, 3.63) is 52.5 Å². The zero-order valence-corrected chi connectivity index (χ0v) is 25.3. The Labute approximate surface area is 244 Å². The van der Waals surface area contributed by atoms with E-state index in [0.717, 1.165) is 5.56 Å². The lowest BCUT2D eigenvalue weighted by Gasteiger charge is -2.47. The molecule has 4 rings (SSSR count). The van der Waals surface area contributed by atoms with Crippen molar-refractivity contribution in [2.45, 2.75) is 65.8 Å². The summed E-state index contributed by atoms with van der Waals surface area (Å²) in [5.74, 6) is -2.92. The van der Waals surface area contributed by atoms with Crippen molar-refractivity contribution in [1.29, 1.82) is 0 Å². The number of furan rings is 1. The maximum Gasteiger partial charge on any atom is 0.307 e. The number of hydrogen-bond donors (Lipinski definition) is 1. The van der Waals surface area contributed by atoms with E-state index in [0.29, 0.717) is 22.4 Å². The number of amides is 2. The van der Waals surface area contributed by atoms with Crippen molar-refractivity contribution in [1.82, 2.24) is 14.8 Å². The number of carbonyl (C=O) groups is 3. The van der Waals surface area contributed by atoms with E-state index in [-0.39, 0.29) is 60.0 Å². The summed E-state index contributed by atoms with van der Waals surface area (Å²) in [6, 6.07) is 7.96. The first-order chi connectivity index (χ1) is 19.0. The van der Waals surface area contributed by atoms with Gasteiger partial charge in [-0.25, -0.2) is 9.37 Å². The number of benzene rings is 1. The molecule has 1 aromatic carbocycles. The molecule has 3 aromatic rings. The molecule has 0 unspecified atom stereocenters. The quantitative estimate of drug-likeness (QED) is 0.359. The lowest BCUT2D eigenvalue weighted by atomic mass is 9.86. The smallest absolute Gasteiger partial charge is 0.307 e. The molecule has 2 aromatic heterocycles. The Kier molecular flexibility index (Phi) is 8.24. The van der Waals surface area contributed by atoms with E-state index in [2.05, 4.69) is 0 Å². The van der Waals surface area contributed by atoms with Crippen LogP contribution in [0.4, 0.5) is 4.39 Å². The van der Waals surface area contributed by atoms with Crippen molar-refractivity contribution in [3.8, 4) is 11.3 Å². The van der Waals surface area contributed by atoms with Gasteiger partial charge in [0.25, 0.3) is 5.91 Å². The van der Waals surface area contributed by atoms with Crippen LogP contribution in [0.15, 0.2) is 34.7 Å². The number of fused-ring (bicyclic) bond motifs is 1. The van der Waals surface area contributed by atoms with Gasteiger partial charge in [-0.2, -0.15) is 0 Å². The lowest BCUT2D eigenvalue weighted by molar-refractivity contribution is -0.148. The SMILES string of the molecule is CC(C)[C@@H](CC(=O)N1CCN(C(=O)c2cc3nc(-c4ccc(Cl)c(F)c4)cc(C(C)(C)C)c3o2)C(C)(C)C1)C(=O)O. The van der Waals surface area contributed by atoms with Gasteiger partial charge in [0, 0.05) is 43.2 Å². The first-order valence-electron chi connectivity index (χ1n) is 13.7. The Bertz CT molecular complexity index is 1510. The van der Waals surface area contributed by atoms with E-state index in [1.54, 1.807) is 35.8 Å². The summed E-state index contributed by atoms with van der Waals surface area (Å²) in [6.45, 7) is 14.2. The summed E-state index contributed by atoms with van der Waals surface area (Å²) in [5.41, 5.74) is 1.77. The average molecular weight is 586 g/mol. The maximum absolute atomic E-state index is 14.2. The molecule has 1 aliphatic heterocycles. The molecular weight excluding hydrogens is 549 g/mol. The van der Waals surface area contributed by atoms with Crippen LogP contribution in [0.25, 0.3) is 22.4 Å². The van der Waals surface area contributed by atoms with Crippen molar-refractivity contribution >= 4 is 40.5 Å². The minimum Gasteiger partial charge on any atom is -0.481 e. The minimum absolute atomic E-state index is 0.0214. The molecular formula is C31H37ClFN3O5. The van der Waals surface area contributed by atoms with Crippen LogP contribution in [0, 0.1) is 17.7 Å². The summed E-state index contributed by atoms with van der Waals surface area (Å²) in [5, 5.41) is 9.53. The number of carboxylic acids is 1. The van der Waals surface area contributed by atoms with Gasteiger partial charge in [0.1, 0.15) is 11.3 Å². The first kappa shape index (κ1) is 30.5. The van der Waals surface area contributed by atoms with E-state index >= 15 is 0 Å². The number of aliphatic carboxylic acids is 1. The van der Waals surface area contributed by atoms with E-state index in [9.17, 15) is 23.9 Å². The number of nitrogens with zero attached hydrogens (tertiary/aromatic N) is 3. The second-order valence-electron chi connectivity index (χ2n) is 12.7. The zero-order valence-electron chi connectivity index (χ0n) is 24.5. The van der Waals surface area contributed by atoms with Crippen molar-refractivity contribution in [2.75, 3.05) is 19.6 Å². The minimum atomic E-state index is -0.987. The predicted octanol–water partition coefficient (Wildman–Crippen LogP) is 6.39. The molecule has 0 bridgehead atoms. The molecule has 220 valence electrons. The molecule has 10 heteroatoms.